The molecule has 0 N–H and O–H groups in total. The summed E-state index contributed by atoms with van der Waals surface area (Å²) in [4.78, 5) is 20.3. The molecule has 0 radical (unpaired) electrons. The van der Waals surface area contributed by atoms with Crippen molar-refractivity contribution in [1.82, 2.24) is 24.9 Å². The van der Waals surface area contributed by atoms with Crippen molar-refractivity contribution in [3.05, 3.63) is 27.5 Å². The summed E-state index contributed by atoms with van der Waals surface area (Å²) in [6.45, 7) is 5.85. The van der Waals surface area contributed by atoms with Gasteiger partial charge < -0.3 is 0 Å². The first kappa shape index (κ1) is 13.5. The van der Waals surface area contributed by atoms with E-state index < -0.39 is 0 Å². The van der Waals surface area contributed by atoms with Gasteiger partial charge in [0.15, 0.2) is 5.16 Å². The maximum Gasteiger partial charge on any atom is 0.227 e. The molecule has 0 amide bonds. The Morgan fingerprint density at radius 2 is 1.17 bits per heavy atom. The molecule has 18 heavy (non-hydrogen) atoms. The van der Waals surface area contributed by atoms with Crippen LogP contribution in [0, 0.1) is 20.8 Å². The van der Waals surface area contributed by atoms with Gasteiger partial charge in [0.05, 0.1) is 0 Å². The lowest BCUT2D eigenvalue weighted by atomic mass is 10.2. The molecule has 0 spiro atoms. The van der Waals surface area contributed by atoms with Gasteiger partial charge in [0.2, 0.25) is 15.7 Å². The molecule has 2 aromatic heterocycles. The highest BCUT2D eigenvalue weighted by atomic mass is 35.5. The standard InChI is InChI=1S/C10H9Cl2N5S/c1-4-5(2)13-9(14-6(4)3)18-10-16-7(11)15-8(12)17-10/h1-3H3. The van der Waals surface area contributed by atoms with E-state index in [0.717, 1.165) is 17.0 Å². The second-order valence-electron chi connectivity index (χ2n) is 3.56. The number of rotatable bonds is 2. The molecule has 0 fully saturated rings. The highest BCUT2D eigenvalue weighted by molar-refractivity contribution is 7.99. The zero-order valence-electron chi connectivity index (χ0n) is 9.90. The first-order chi connectivity index (χ1) is 8.45. The molecule has 0 saturated heterocycles. The van der Waals surface area contributed by atoms with Crippen molar-refractivity contribution in [3.8, 4) is 0 Å². The number of nitrogens with zero attached hydrogens (tertiary/aromatic N) is 5. The van der Waals surface area contributed by atoms with Gasteiger partial charge in [0.25, 0.3) is 0 Å². The number of hydrogen-bond donors (Lipinski definition) is 0. The Morgan fingerprint density at radius 1 is 0.722 bits per heavy atom. The molecule has 0 aliphatic rings. The lowest BCUT2D eigenvalue weighted by Crippen LogP contribution is -1.99. The number of aryl methyl sites for hydroxylation is 2. The van der Waals surface area contributed by atoms with Crippen LogP contribution in [0.25, 0.3) is 0 Å². The fraction of sp³-hybridized carbons (Fsp3) is 0.300. The van der Waals surface area contributed by atoms with Crippen molar-refractivity contribution < 1.29 is 0 Å². The van der Waals surface area contributed by atoms with E-state index >= 15 is 0 Å². The van der Waals surface area contributed by atoms with E-state index in [4.69, 9.17) is 23.2 Å². The Morgan fingerprint density at radius 3 is 1.67 bits per heavy atom. The maximum absolute atomic E-state index is 5.70. The van der Waals surface area contributed by atoms with Crippen LogP contribution >= 0.6 is 35.0 Å². The summed E-state index contributed by atoms with van der Waals surface area (Å²) in [5.41, 5.74) is 2.93. The minimum atomic E-state index is 0.0538. The largest absolute Gasteiger partial charge is 0.227 e. The van der Waals surface area contributed by atoms with Gasteiger partial charge in [0, 0.05) is 11.4 Å². The van der Waals surface area contributed by atoms with Crippen LogP contribution in [0.4, 0.5) is 0 Å². The number of aromatic nitrogens is 5. The summed E-state index contributed by atoms with van der Waals surface area (Å²) in [6, 6.07) is 0. The normalized spacial score (nSPS) is 10.7. The van der Waals surface area contributed by atoms with Crippen LogP contribution < -0.4 is 0 Å². The van der Waals surface area contributed by atoms with E-state index in [0.29, 0.717) is 10.3 Å². The average molecular weight is 302 g/mol. The Labute approximate surface area is 118 Å². The molecule has 2 rings (SSSR count). The molecule has 94 valence electrons. The summed E-state index contributed by atoms with van der Waals surface area (Å²) >= 11 is 12.6. The molecule has 0 atom stereocenters. The first-order valence-electron chi connectivity index (χ1n) is 5.02. The Kier molecular flexibility index (Phi) is 3.99. The monoisotopic (exact) mass is 301 g/mol. The molecule has 8 heteroatoms. The fourth-order valence-corrected chi connectivity index (χ4v) is 2.48. The number of halogens is 2. The fourth-order valence-electron chi connectivity index (χ4n) is 1.22. The molecule has 0 saturated carbocycles. The summed E-state index contributed by atoms with van der Waals surface area (Å²) in [5, 5.41) is 1.05. The van der Waals surface area contributed by atoms with Gasteiger partial charge in [-0.3, -0.25) is 0 Å². The zero-order valence-corrected chi connectivity index (χ0v) is 12.2. The number of hydrogen-bond acceptors (Lipinski definition) is 6. The molecule has 2 heterocycles. The Bertz CT molecular complexity index is 562. The SMILES string of the molecule is Cc1nc(Sc2nc(Cl)nc(Cl)n2)nc(C)c1C. The van der Waals surface area contributed by atoms with Crippen molar-refractivity contribution in [2.75, 3.05) is 0 Å². The molecular weight excluding hydrogens is 293 g/mol. The molecule has 0 bridgehead atoms. The first-order valence-corrected chi connectivity index (χ1v) is 6.59. The van der Waals surface area contributed by atoms with Crippen LogP contribution in [0.5, 0.6) is 0 Å². The molecule has 2 aromatic rings. The van der Waals surface area contributed by atoms with Gasteiger partial charge in [-0.1, -0.05) is 0 Å². The van der Waals surface area contributed by atoms with Crippen LogP contribution in [-0.4, -0.2) is 24.9 Å². The predicted molar refractivity (Wildman–Crippen MR) is 70.2 cm³/mol. The Balaban J connectivity index is 2.34. The summed E-state index contributed by atoms with van der Waals surface area (Å²) in [7, 11) is 0. The quantitative estimate of drug-likeness (QED) is 0.794. The molecule has 5 nitrogen and oxygen atoms in total. The lowest BCUT2D eigenvalue weighted by Gasteiger charge is -2.05. The van der Waals surface area contributed by atoms with Crippen molar-refractivity contribution in [2.24, 2.45) is 0 Å². The smallest absolute Gasteiger partial charge is 0.227 e. The van der Waals surface area contributed by atoms with Crippen LogP contribution in [0.15, 0.2) is 10.3 Å². The lowest BCUT2D eigenvalue weighted by molar-refractivity contribution is 0.859. The van der Waals surface area contributed by atoms with E-state index in [1.54, 1.807) is 0 Å². The summed E-state index contributed by atoms with van der Waals surface area (Å²) < 4.78 is 0. The van der Waals surface area contributed by atoms with Gasteiger partial charge in [-0.05, 0) is 61.3 Å². The van der Waals surface area contributed by atoms with E-state index in [1.165, 1.54) is 11.8 Å². The molecule has 0 unspecified atom stereocenters. The van der Waals surface area contributed by atoms with Crippen molar-refractivity contribution in [2.45, 2.75) is 31.1 Å². The zero-order chi connectivity index (χ0) is 13.3. The van der Waals surface area contributed by atoms with E-state index in [9.17, 15) is 0 Å². The van der Waals surface area contributed by atoms with Crippen LogP contribution in [0.2, 0.25) is 10.6 Å². The van der Waals surface area contributed by atoms with Gasteiger partial charge >= 0.3 is 0 Å². The topological polar surface area (TPSA) is 64.5 Å². The Hall–Kier alpha value is -0.980. The molecule has 0 aliphatic carbocycles. The highest BCUT2D eigenvalue weighted by Crippen LogP contribution is 2.24. The van der Waals surface area contributed by atoms with Gasteiger partial charge in [-0.15, -0.1) is 0 Å². The average Bonchev–Trinajstić information content (AvgIpc) is 2.24. The van der Waals surface area contributed by atoms with Crippen LogP contribution in [-0.2, 0) is 0 Å². The van der Waals surface area contributed by atoms with Crippen LogP contribution in [0.1, 0.15) is 17.0 Å². The maximum atomic E-state index is 5.70. The second kappa shape index (κ2) is 5.34. The highest BCUT2D eigenvalue weighted by Gasteiger charge is 2.10. The third-order valence-electron chi connectivity index (χ3n) is 2.35. The predicted octanol–water partition coefficient (Wildman–Crippen LogP) is 3.04. The van der Waals surface area contributed by atoms with E-state index in [1.807, 2.05) is 20.8 Å². The van der Waals surface area contributed by atoms with Crippen molar-refractivity contribution in [3.63, 3.8) is 0 Å². The summed E-state index contributed by atoms with van der Waals surface area (Å²) in [5.74, 6) is 0. The minimum Gasteiger partial charge on any atom is -0.227 e. The van der Waals surface area contributed by atoms with Crippen LogP contribution in [0.3, 0.4) is 0 Å². The van der Waals surface area contributed by atoms with Crippen molar-refractivity contribution in [1.29, 1.82) is 0 Å². The molecule has 0 aromatic carbocycles. The molecular formula is C10H9Cl2N5S. The third kappa shape index (κ3) is 3.07. The van der Waals surface area contributed by atoms with Gasteiger partial charge in [-0.2, -0.15) is 15.0 Å². The third-order valence-corrected chi connectivity index (χ3v) is 3.42. The van der Waals surface area contributed by atoms with Gasteiger partial charge in [-0.25, -0.2) is 9.97 Å². The second-order valence-corrected chi connectivity index (χ2v) is 5.17. The van der Waals surface area contributed by atoms with E-state index in [2.05, 4.69) is 24.9 Å². The van der Waals surface area contributed by atoms with E-state index in [-0.39, 0.29) is 10.6 Å². The summed E-state index contributed by atoms with van der Waals surface area (Å²) in [6.07, 6.45) is 0. The molecule has 0 aliphatic heterocycles. The minimum absolute atomic E-state index is 0.0538. The van der Waals surface area contributed by atoms with Gasteiger partial charge in [0.1, 0.15) is 0 Å². The van der Waals surface area contributed by atoms with Crippen molar-refractivity contribution >= 4 is 35.0 Å².